The van der Waals surface area contributed by atoms with Gasteiger partial charge < -0.3 is 10.2 Å². The van der Waals surface area contributed by atoms with Crippen molar-refractivity contribution in [2.24, 2.45) is 0 Å². The van der Waals surface area contributed by atoms with Crippen molar-refractivity contribution in [2.45, 2.75) is 45.2 Å². The third-order valence-electron chi connectivity index (χ3n) is 3.70. The van der Waals surface area contributed by atoms with Crippen molar-refractivity contribution in [1.29, 1.82) is 0 Å². The van der Waals surface area contributed by atoms with Crippen molar-refractivity contribution in [3.8, 4) is 0 Å². The third kappa shape index (κ3) is 2.49. The summed E-state index contributed by atoms with van der Waals surface area (Å²) in [4.78, 5) is 8.52. The molecule has 1 fully saturated rings. The first kappa shape index (κ1) is 12.9. The fourth-order valence-electron chi connectivity index (χ4n) is 2.56. The van der Waals surface area contributed by atoms with E-state index in [4.69, 9.17) is 4.98 Å². The Morgan fingerprint density at radius 2 is 2.37 bits per heavy atom. The number of nitrogens with zero attached hydrogens (tertiary/aromatic N) is 3. The van der Waals surface area contributed by atoms with Crippen molar-refractivity contribution in [3.63, 3.8) is 0 Å². The number of hydrogen-bond acceptors (Lipinski definition) is 4. The number of imidazole rings is 1. The topological polar surface area (TPSA) is 32.6 Å². The van der Waals surface area contributed by atoms with Crippen LogP contribution in [0.1, 0.15) is 38.3 Å². The highest BCUT2D eigenvalue weighted by Gasteiger charge is 2.32. The highest BCUT2D eigenvalue weighted by molar-refractivity contribution is 7.15. The first-order valence-corrected chi connectivity index (χ1v) is 8.08. The lowest BCUT2D eigenvalue weighted by Gasteiger charge is -2.23. The summed E-state index contributed by atoms with van der Waals surface area (Å²) in [6.07, 6.45) is 7.28. The number of fused-ring (bicyclic) bond motifs is 1. The zero-order valence-corrected chi connectivity index (χ0v) is 12.5. The van der Waals surface area contributed by atoms with Gasteiger partial charge in [0.1, 0.15) is 0 Å². The van der Waals surface area contributed by atoms with E-state index in [0.29, 0.717) is 0 Å². The van der Waals surface area contributed by atoms with Crippen molar-refractivity contribution in [1.82, 2.24) is 14.7 Å². The standard InChI is InChI=1S/C14H22N4S/c1-3-4-7-17(11-5-6-11)13-12(10-15-2)18-8-9-19-14(18)16-13/h8-9,11,15H,3-7,10H2,1-2H3. The van der Waals surface area contributed by atoms with Gasteiger partial charge in [-0.15, -0.1) is 11.3 Å². The van der Waals surface area contributed by atoms with Gasteiger partial charge in [0.25, 0.3) is 0 Å². The molecule has 0 unspecified atom stereocenters. The molecular weight excluding hydrogens is 256 g/mol. The van der Waals surface area contributed by atoms with Crippen LogP contribution >= 0.6 is 11.3 Å². The number of unbranched alkanes of at least 4 members (excludes halogenated alkanes) is 1. The molecule has 1 saturated carbocycles. The molecule has 0 atom stereocenters. The molecule has 3 rings (SSSR count). The highest BCUT2D eigenvalue weighted by atomic mass is 32.1. The maximum absolute atomic E-state index is 4.87. The van der Waals surface area contributed by atoms with E-state index in [9.17, 15) is 0 Å². The fraction of sp³-hybridized carbons (Fsp3) is 0.643. The van der Waals surface area contributed by atoms with Crippen molar-refractivity contribution >= 4 is 22.1 Å². The van der Waals surface area contributed by atoms with Gasteiger partial charge in [0.05, 0.1) is 5.69 Å². The Bertz CT molecular complexity index is 541. The molecule has 2 aromatic heterocycles. The molecule has 0 bridgehead atoms. The second-order valence-corrected chi connectivity index (χ2v) is 6.12. The van der Waals surface area contributed by atoms with E-state index in [-0.39, 0.29) is 0 Å². The molecule has 2 heterocycles. The van der Waals surface area contributed by atoms with Crippen LogP contribution < -0.4 is 10.2 Å². The maximum atomic E-state index is 4.87. The average molecular weight is 278 g/mol. The van der Waals surface area contributed by atoms with Crippen LogP contribution in [0, 0.1) is 0 Å². The molecule has 19 heavy (non-hydrogen) atoms. The molecule has 1 N–H and O–H groups in total. The summed E-state index contributed by atoms with van der Waals surface area (Å²) in [5.74, 6) is 1.21. The van der Waals surface area contributed by atoms with Crippen LogP contribution in [0.2, 0.25) is 0 Å². The van der Waals surface area contributed by atoms with Crippen LogP contribution in [0.5, 0.6) is 0 Å². The Balaban J connectivity index is 1.95. The summed E-state index contributed by atoms with van der Waals surface area (Å²) in [5, 5.41) is 5.39. The van der Waals surface area contributed by atoms with Gasteiger partial charge in [-0.1, -0.05) is 13.3 Å². The molecule has 5 heteroatoms. The van der Waals surface area contributed by atoms with Crippen LogP contribution in [0.15, 0.2) is 11.6 Å². The molecule has 0 amide bonds. The summed E-state index contributed by atoms with van der Waals surface area (Å²) in [5.41, 5.74) is 1.31. The number of aromatic nitrogens is 2. The van der Waals surface area contributed by atoms with Gasteiger partial charge in [-0.3, -0.25) is 4.40 Å². The molecule has 1 aliphatic carbocycles. The summed E-state index contributed by atoms with van der Waals surface area (Å²) < 4.78 is 2.23. The van der Waals surface area contributed by atoms with Crippen molar-refractivity contribution in [2.75, 3.05) is 18.5 Å². The van der Waals surface area contributed by atoms with E-state index in [1.54, 1.807) is 11.3 Å². The Labute approximate surface area is 118 Å². The number of thiazole rings is 1. The van der Waals surface area contributed by atoms with E-state index >= 15 is 0 Å². The minimum Gasteiger partial charge on any atom is -0.352 e. The van der Waals surface area contributed by atoms with Gasteiger partial charge in [-0.2, -0.15) is 0 Å². The summed E-state index contributed by atoms with van der Waals surface area (Å²) in [6.45, 7) is 4.27. The predicted octanol–water partition coefficient (Wildman–Crippen LogP) is 2.88. The normalized spacial score (nSPS) is 15.3. The second-order valence-electron chi connectivity index (χ2n) is 5.25. The Kier molecular flexibility index (Phi) is 3.75. The molecule has 0 aromatic carbocycles. The molecule has 0 aliphatic heterocycles. The van der Waals surface area contributed by atoms with Crippen molar-refractivity contribution in [3.05, 3.63) is 17.3 Å². The number of rotatable bonds is 7. The van der Waals surface area contributed by atoms with E-state index in [1.165, 1.54) is 37.2 Å². The Morgan fingerprint density at radius 1 is 1.53 bits per heavy atom. The fourth-order valence-corrected chi connectivity index (χ4v) is 3.29. The molecule has 4 nitrogen and oxygen atoms in total. The molecule has 1 aliphatic rings. The lowest BCUT2D eigenvalue weighted by Crippen LogP contribution is -2.28. The monoisotopic (exact) mass is 278 g/mol. The Hall–Kier alpha value is -1.07. The van der Waals surface area contributed by atoms with Crippen molar-refractivity contribution < 1.29 is 0 Å². The Morgan fingerprint density at radius 3 is 3.05 bits per heavy atom. The van der Waals surface area contributed by atoms with E-state index in [1.807, 2.05) is 7.05 Å². The molecule has 2 aromatic rings. The van der Waals surface area contributed by atoms with Crippen LogP contribution in [0.4, 0.5) is 5.82 Å². The quantitative estimate of drug-likeness (QED) is 0.845. The maximum Gasteiger partial charge on any atom is 0.195 e. The van der Waals surface area contributed by atoms with E-state index in [0.717, 1.165) is 24.1 Å². The number of nitrogens with one attached hydrogen (secondary N) is 1. The molecular formula is C14H22N4S. The molecule has 0 saturated heterocycles. The molecule has 104 valence electrons. The van der Waals surface area contributed by atoms with Gasteiger partial charge in [-0.05, 0) is 26.3 Å². The van der Waals surface area contributed by atoms with Crippen LogP contribution in [-0.4, -0.2) is 29.0 Å². The third-order valence-corrected chi connectivity index (χ3v) is 4.45. The van der Waals surface area contributed by atoms with Gasteiger partial charge >= 0.3 is 0 Å². The van der Waals surface area contributed by atoms with Gasteiger partial charge in [0.15, 0.2) is 10.8 Å². The van der Waals surface area contributed by atoms with Crippen LogP contribution in [0.3, 0.4) is 0 Å². The summed E-state index contributed by atoms with van der Waals surface area (Å²) in [7, 11) is 2.00. The van der Waals surface area contributed by atoms with Gasteiger partial charge in [0, 0.05) is 30.7 Å². The summed E-state index contributed by atoms with van der Waals surface area (Å²) in [6, 6.07) is 0.728. The highest BCUT2D eigenvalue weighted by Crippen LogP contribution is 2.34. The minimum absolute atomic E-state index is 0.728. The lowest BCUT2D eigenvalue weighted by molar-refractivity contribution is 0.694. The average Bonchev–Trinajstić information content (AvgIpc) is 3.04. The first-order chi connectivity index (χ1) is 9.35. The lowest BCUT2D eigenvalue weighted by atomic mass is 10.3. The van der Waals surface area contributed by atoms with E-state index in [2.05, 4.69) is 33.1 Å². The van der Waals surface area contributed by atoms with Gasteiger partial charge in [0.2, 0.25) is 0 Å². The second kappa shape index (κ2) is 5.51. The number of anilines is 1. The van der Waals surface area contributed by atoms with E-state index < -0.39 is 0 Å². The smallest absolute Gasteiger partial charge is 0.195 e. The molecule has 0 radical (unpaired) electrons. The van der Waals surface area contributed by atoms with Crippen LogP contribution in [-0.2, 0) is 6.54 Å². The van der Waals surface area contributed by atoms with Crippen LogP contribution in [0.25, 0.3) is 4.96 Å². The zero-order valence-electron chi connectivity index (χ0n) is 11.7. The first-order valence-electron chi connectivity index (χ1n) is 7.20. The summed E-state index contributed by atoms with van der Waals surface area (Å²) >= 11 is 1.72. The molecule has 0 spiro atoms. The predicted molar refractivity (Wildman–Crippen MR) is 81.1 cm³/mol. The SMILES string of the molecule is CCCCN(c1nc2sccn2c1CNC)C1CC1. The van der Waals surface area contributed by atoms with Gasteiger partial charge in [-0.25, -0.2) is 4.98 Å². The largest absolute Gasteiger partial charge is 0.352 e. The zero-order chi connectivity index (χ0) is 13.2. The minimum atomic E-state index is 0.728. The number of hydrogen-bond donors (Lipinski definition) is 1.